The van der Waals surface area contributed by atoms with E-state index in [1.807, 2.05) is 6.07 Å². The molecule has 0 radical (unpaired) electrons. The van der Waals surface area contributed by atoms with Gasteiger partial charge in [-0.25, -0.2) is 0 Å². The molecule has 0 saturated heterocycles. The summed E-state index contributed by atoms with van der Waals surface area (Å²) in [7, 11) is 3.51. The molecule has 1 aliphatic heterocycles. The molecule has 1 aromatic rings. The zero-order chi connectivity index (χ0) is 23.3. The van der Waals surface area contributed by atoms with Gasteiger partial charge in [0.2, 0.25) is 5.91 Å². The summed E-state index contributed by atoms with van der Waals surface area (Å²) in [5, 5.41) is 2.98. The zero-order valence-corrected chi connectivity index (χ0v) is 20.2. The molecule has 2 amide bonds. The van der Waals surface area contributed by atoms with Gasteiger partial charge in [-0.2, -0.15) is 0 Å². The van der Waals surface area contributed by atoms with Gasteiger partial charge in [0.25, 0.3) is 5.91 Å². The number of methoxy groups -OCH3 is 1. The number of hydrogen-bond acceptors (Lipinski definition) is 5. The third-order valence-corrected chi connectivity index (χ3v) is 6.83. The van der Waals surface area contributed by atoms with Gasteiger partial charge < -0.3 is 19.7 Å². The molecule has 0 spiro atoms. The molecule has 178 valence electrons. The van der Waals surface area contributed by atoms with Crippen molar-refractivity contribution in [2.45, 2.75) is 58.6 Å². The lowest BCUT2D eigenvalue weighted by molar-refractivity contribution is -0.122. The van der Waals surface area contributed by atoms with Gasteiger partial charge in [-0.05, 0) is 56.8 Å². The Hall–Kier alpha value is -2.12. The highest BCUT2D eigenvalue weighted by molar-refractivity contribution is 5.99. The monoisotopic (exact) mass is 445 g/mol. The minimum Gasteiger partial charge on any atom is -0.491 e. The highest BCUT2D eigenvalue weighted by atomic mass is 16.5. The molecule has 32 heavy (non-hydrogen) atoms. The lowest BCUT2D eigenvalue weighted by atomic mass is 9.85. The quantitative estimate of drug-likeness (QED) is 0.749. The van der Waals surface area contributed by atoms with Gasteiger partial charge in [-0.1, -0.05) is 20.3 Å². The van der Waals surface area contributed by atoms with Crippen LogP contribution in [0.15, 0.2) is 18.2 Å². The van der Waals surface area contributed by atoms with Gasteiger partial charge in [0.15, 0.2) is 0 Å². The van der Waals surface area contributed by atoms with Crippen molar-refractivity contribution < 1.29 is 19.1 Å². The Kier molecular flexibility index (Phi) is 8.54. The molecule has 1 aromatic carbocycles. The van der Waals surface area contributed by atoms with Crippen LogP contribution in [-0.2, 0) is 9.53 Å². The molecule has 3 rings (SSSR count). The van der Waals surface area contributed by atoms with E-state index in [4.69, 9.17) is 9.47 Å². The summed E-state index contributed by atoms with van der Waals surface area (Å²) in [6.45, 7) is 9.37. The van der Waals surface area contributed by atoms with Crippen LogP contribution in [0.5, 0.6) is 5.75 Å². The fraction of sp³-hybridized carbons (Fsp3) is 0.680. The first kappa shape index (κ1) is 24.5. The number of anilines is 1. The lowest BCUT2D eigenvalue weighted by Crippen LogP contribution is -2.46. The standard InChI is InChI=1S/C25H39N3O4/c1-6-12-28-14-17(2)23(31-5)15-27(4)25(30)21-13-20(26-24(29)19-8-7-9-19)10-11-22(21)32-16-18(28)3/h10-11,13,17-19,23H,6-9,12,14-16H2,1-5H3,(H,26,29)/t17-,18+,23-/m0/s1. The van der Waals surface area contributed by atoms with Crippen LogP contribution in [0.3, 0.4) is 0 Å². The number of rotatable bonds is 5. The maximum atomic E-state index is 13.4. The molecule has 7 heteroatoms. The minimum absolute atomic E-state index is 0.0307. The zero-order valence-electron chi connectivity index (χ0n) is 20.2. The molecule has 1 fully saturated rings. The first-order valence-electron chi connectivity index (χ1n) is 11.9. The van der Waals surface area contributed by atoms with Crippen molar-refractivity contribution in [2.24, 2.45) is 11.8 Å². The predicted octanol–water partition coefficient (Wildman–Crippen LogP) is 3.64. The Morgan fingerprint density at radius 1 is 1.25 bits per heavy atom. The topological polar surface area (TPSA) is 71.1 Å². The average Bonchev–Trinajstić information content (AvgIpc) is 2.73. The van der Waals surface area contributed by atoms with Crippen LogP contribution in [0.2, 0.25) is 0 Å². The summed E-state index contributed by atoms with van der Waals surface area (Å²) in [6, 6.07) is 5.57. The van der Waals surface area contributed by atoms with Crippen LogP contribution in [0, 0.1) is 11.8 Å². The van der Waals surface area contributed by atoms with E-state index in [1.165, 1.54) is 0 Å². The van der Waals surface area contributed by atoms with Gasteiger partial charge in [-0.15, -0.1) is 0 Å². The molecule has 1 saturated carbocycles. The van der Waals surface area contributed by atoms with Gasteiger partial charge in [0.05, 0.1) is 11.7 Å². The van der Waals surface area contributed by atoms with Crippen molar-refractivity contribution in [3.8, 4) is 5.75 Å². The molecular formula is C25H39N3O4. The number of nitrogens with zero attached hydrogens (tertiary/aromatic N) is 2. The van der Waals surface area contributed by atoms with Crippen LogP contribution < -0.4 is 10.1 Å². The van der Waals surface area contributed by atoms with E-state index in [0.29, 0.717) is 30.2 Å². The van der Waals surface area contributed by atoms with Gasteiger partial charge in [0, 0.05) is 44.9 Å². The summed E-state index contributed by atoms with van der Waals surface area (Å²) in [4.78, 5) is 29.9. The average molecular weight is 446 g/mol. The molecule has 2 aliphatic rings. The van der Waals surface area contributed by atoms with Crippen LogP contribution in [-0.4, -0.2) is 74.2 Å². The molecule has 0 unspecified atom stereocenters. The number of amides is 2. The predicted molar refractivity (Wildman–Crippen MR) is 126 cm³/mol. The number of ether oxygens (including phenoxy) is 2. The van der Waals surface area contributed by atoms with E-state index in [1.54, 1.807) is 31.2 Å². The molecule has 1 heterocycles. The van der Waals surface area contributed by atoms with E-state index >= 15 is 0 Å². The van der Waals surface area contributed by atoms with Crippen molar-refractivity contribution in [1.29, 1.82) is 0 Å². The van der Waals surface area contributed by atoms with E-state index in [0.717, 1.165) is 38.8 Å². The van der Waals surface area contributed by atoms with Gasteiger partial charge in [-0.3, -0.25) is 14.5 Å². The number of fused-ring (bicyclic) bond motifs is 1. The normalized spacial score (nSPS) is 25.7. The van der Waals surface area contributed by atoms with E-state index in [-0.39, 0.29) is 35.8 Å². The van der Waals surface area contributed by atoms with Crippen molar-refractivity contribution in [1.82, 2.24) is 9.80 Å². The Bertz CT molecular complexity index is 795. The lowest BCUT2D eigenvalue weighted by Gasteiger charge is -2.36. The largest absolute Gasteiger partial charge is 0.491 e. The first-order chi connectivity index (χ1) is 15.3. The van der Waals surface area contributed by atoms with Crippen LogP contribution in [0.1, 0.15) is 56.8 Å². The number of benzene rings is 1. The van der Waals surface area contributed by atoms with E-state index in [9.17, 15) is 9.59 Å². The number of carbonyl (C=O) groups is 2. The third kappa shape index (κ3) is 5.81. The highest BCUT2D eigenvalue weighted by Crippen LogP contribution is 2.30. The highest BCUT2D eigenvalue weighted by Gasteiger charge is 2.29. The number of carbonyl (C=O) groups excluding carboxylic acids is 2. The van der Waals surface area contributed by atoms with E-state index in [2.05, 4.69) is 31.0 Å². The van der Waals surface area contributed by atoms with Crippen molar-refractivity contribution in [3.63, 3.8) is 0 Å². The summed E-state index contributed by atoms with van der Waals surface area (Å²) >= 11 is 0. The molecule has 0 bridgehead atoms. The van der Waals surface area contributed by atoms with Crippen molar-refractivity contribution in [3.05, 3.63) is 23.8 Å². The first-order valence-corrected chi connectivity index (χ1v) is 11.9. The second kappa shape index (κ2) is 11.1. The number of nitrogens with one attached hydrogen (secondary N) is 1. The maximum Gasteiger partial charge on any atom is 0.257 e. The summed E-state index contributed by atoms with van der Waals surface area (Å²) in [6.07, 6.45) is 3.97. The van der Waals surface area contributed by atoms with Crippen LogP contribution in [0.25, 0.3) is 0 Å². The Labute approximate surface area is 192 Å². The summed E-state index contributed by atoms with van der Waals surface area (Å²) in [5.74, 6) is 0.793. The molecule has 1 aliphatic carbocycles. The molecule has 1 N–H and O–H groups in total. The second-order valence-electron chi connectivity index (χ2n) is 9.42. The van der Waals surface area contributed by atoms with Gasteiger partial charge in [0.1, 0.15) is 12.4 Å². The van der Waals surface area contributed by atoms with Crippen LogP contribution in [0.4, 0.5) is 5.69 Å². The number of likely N-dealkylation sites (N-methyl/N-ethyl adjacent to an activating group) is 1. The SMILES string of the molecule is CCCN1C[C@H](C)[C@@H](OC)CN(C)C(=O)c2cc(NC(=O)C3CCC3)ccc2OC[C@H]1C. The molecule has 3 atom stereocenters. The molecule has 7 nitrogen and oxygen atoms in total. The minimum atomic E-state index is -0.132. The summed E-state index contributed by atoms with van der Waals surface area (Å²) < 4.78 is 12.0. The fourth-order valence-electron chi connectivity index (χ4n) is 4.44. The second-order valence-corrected chi connectivity index (χ2v) is 9.42. The van der Waals surface area contributed by atoms with Crippen molar-refractivity contribution >= 4 is 17.5 Å². The van der Waals surface area contributed by atoms with Crippen molar-refractivity contribution in [2.75, 3.05) is 45.7 Å². The summed E-state index contributed by atoms with van der Waals surface area (Å²) in [5.41, 5.74) is 1.10. The fourth-order valence-corrected chi connectivity index (χ4v) is 4.44. The Morgan fingerprint density at radius 3 is 2.62 bits per heavy atom. The third-order valence-electron chi connectivity index (χ3n) is 6.83. The molecular weight excluding hydrogens is 406 g/mol. The maximum absolute atomic E-state index is 13.4. The Balaban J connectivity index is 1.89. The smallest absolute Gasteiger partial charge is 0.257 e. The molecule has 0 aromatic heterocycles. The Morgan fingerprint density at radius 2 is 2.00 bits per heavy atom. The van der Waals surface area contributed by atoms with Crippen LogP contribution >= 0.6 is 0 Å². The van der Waals surface area contributed by atoms with Gasteiger partial charge >= 0.3 is 0 Å². The van der Waals surface area contributed by atoms with E-state index < -0.39 is 0 Å². The number of hydrogen-bond donors (Lipinski definition) is 1.